The van der Waals surface area contributed by atoms with Crippen molar-refractivity contribution >= 4 is 12.0 Å². The number of carboxylic acid groups (broad SMARTS) is 1. The molecular formula is C11H20N2O4. The molecule has 0 bridgehead atoms. The molecule has 2 amide bonds. The van der Waals surface area contributed by atoms with Crippen LogP contribution >= 0.6 is 0 Å². The molecule has 0 aromatic carbocycles. The molecule has 0 spiro atoms. The average Bonchev–Trinajstić information content (AvgIpc) is 2.60. The van der Waals surface area contributed by atoms with Crippen LogP contribution in [0.3, 0.4) is 0 Å². The zero-order valence-corrected chi connectivity index (χ0v) is 10.4. The van der Waals surface area contributed by atoms with Crippen molar-refractivity contribution in [3.63, 3.8) is 0 Å². The Kier molecular flexibility index (Phi) is 4.34. The maximum atomic E-state index is 11.5. The Bertz CT molecular complexity index is 304. The van der Waals surface area contributed by atoms with Crippen molar-refractivity contribution in [2.24, 2.45) is 0 Å². The number of amides is 2. The largest absolute Gasteiger partial charge is 0.480 e. The lowest BCUT2D eigenvalue weighted by atomic mass is 10.1. The minimum atomic E-state index is -1.27. The molecule has 2 atom stereocenters. The summed E-state index contributed by atoms with van der Waals surface area (Å²) in [4.78, 5) is 22.3. The van der Waals surface area contributed by atoms with Crippen molar-refractivity contribution in [2.75, 3.05) is 6.54 Å². The Hall–Kier alpha value is -1.30. The summed E-state index contributed by atoms with van der Waals surface area (Å²) in [5.41, 5.74) is -1.27. The van der Waals surface area contributed by atoms with Crippen LogP contribution in [0.5, 0.6) is 0 Å². The molecule has 0 aromatic heterocycles. The van der Waals surface area contributed by atoms with Crippen molar-refractivity contribution in [2.45, 2.75) is 51.4 Å². The predicted molar refractivity (Wildman–Crippen MR) is 61.8 cm³/mol. The van der Waals surface area contributed by atoms with Crippen molar-refractivity contribution in [1.29, 1.82) is 0 Å². The number of carbonyl (C=O) groups is 2. The SMILES string of the molecule is CC1CCC(CNC(=O)NC(C)(C)C(=O)O)O1. The predicted octanol–water partition coefficient (Wildman–Crippen LogP) is 0.716. The summed E-state index contributed by atoms with van der Waals surface area (Å²) in [6.07, 6.45) is 2.18. The van der Waals surface area contributed by atoms with Crippen molar-refractivity contribution < 1.29 is 19.4 Å². The van der Waals surface area contributed by atoms with Gasteiger partial charge in [0.15, 0.2) is 0 Å². The average molecular weight is 244 g/mol. The molecule has 6 heteroatoms. The van der Waals surface area contributed by atoms with Crippen LogP contribution in [-0.4, -0.2) is 41.4 Å². The number of hydrogen-bond acceptors (Lipinski definition) is 3. The van der Waals surface area contributed by atoms with Gasteiger partial charge in [-0.1, -0.05) is 0 Å². The summed E-state index contributed by atoms with van der Waals surface area (Å²) < 4.78 is 5.53. The molecule has 2 unspecified atom stereocenters. The van der Waals surface area contributed by atoms with Gasteiger partial charge in [-0.3, -0.25) is 0 Å². The molecule has 0 radical (unpaired) electrons. The number of aliphatic carboxylic acids is 1. The third kappa shape index (κ3) is 4.22. The monoisotopic (exact) mass is 244 g/mol. The second kappa shape index (κ2) is 5.35. The normalized spacial score (nSPS) is 24.4. The van der Waals surface area contributed by atoms with Gasteiger partial charge in [0.2, 0.25) is 0 Å². The molecule has 1 saturated heterocycles. The maximum absolute atomic E-state index is 11.5. The van der Waals surface area contributed by atoms with E-state index in [1.165, 1.54) is 13.8 Å². The fourth-order valence-electron chi connectivity index (χ4n) is 1.62. The van der Waals surface area contributed by atoms with E-state index in [0.717, 1.165) is 12.8 Å². The minimum Gasteiger partial charge on any atom is -0.480 e. The van der Waals surface area contributed by atoms with E-state index in [1.807, 2.05) is 6.92 Å². The summed E-state index contributed by atoms with van der Waals surface area (Å²) in [6.45, 7) is 5.27. The molecule has 0 saturated carbocycles. The standard InChI is InChI=1S/C11H20N2O4/c1-7-4-5-8(17-7)6-12-10(16)13-11(2,3)9(14)15/h7-8H,4-6H2,1-3H3,(H,14,15)(H2,12,13,16). The summed E-state index contributed by atoms with van der Waals surface area (Å²) in [5.74, 6) is -1.07. The van der Waals surface area contributed by atoms with Crippen LogP contribution in [0.25, 0.3) is 0 Å². The van der Waals surface area contributed by atoms with Gasteiger partial charge in [-0.25, -0.2) is 9.59 Å². The molecule has 1 aliphatic rings. The Morgan fingerprint density at radius 3 is 2.53 bits per heavy atom. The van der Waals surface area contributed by atoms with Gasteiger partial charge in [0, 0.05) is 6.54 Å². The Labute approximate surface area is 101 Å². The second-order valence-electron chi connectivity index (χ2n) is 4.91. The number of carboxylic acids is 1. The van der Waals surface area contributed by atoms with E-state index < -0.39 is 17.5 Å². The van der Waals surface area contributed by atoms with Gasteiger partial charge >= 0.3 is 12.0 Å². The van der Waals surface area contributed by atoms with Crippen LogP contribution in [0.1, 0.15) is 33.6 Å². The van der Waals surface area contributed by atoms with Crippen molar-refractivity contribution in [3.8, 4) is 0 Å². The van der Waals surface area contributed by atoms with Crippen LogP contribution < -0.4 is 10.6 Å². The number of nitrogens with one attached hydrogen (secondary N) is 2. The fourth-order valence-corrected chi connectivity index (χ4v) is 1.62. The highest BCUT2D eigenvalue weighted by Crippen LogP contribution is 2.18. The van der Waals surface area contributed by atoms with Crippen LogP contribution in [0.2, 0.25) is 0 Å². The topological polar surface area (TPSA) is 87.7 Å². The van der Waals surface area contributed by atoms with Gasteiger partial charge in [0.1, 0.15) is 5.54 Å². The number of ether oxygens (including phenoxy) is 1. The van der Waals surface area contributed by atoms with E-state index in [-0.39, 0.29) is 12.2 Å². The highest BCUT2D eigenvalue weighted by atomic mass is 16.5. The molecule has 0 aromatic rings. The summed E-state index contributed by atoms with van der Waals surface area (Å²) in [6, 6.07) is -0.486. The first-order valence-corrected chi connectivity index (χ1v) is 5.76. The first-order chi connectivity index (χ1) is 7.81. The van der Waals surface area contributed by atoms with Crippen LogP contribution in [0.15, 0.2) is 0 Å². The molecule has 6 nitrogen and oxygen atoms in total. The van der Waals surface area contributed by atoms with Gasteiger partial charge in [-0.2, -0.15) is 0 Å². The van der Waals surface area contributed by atoms with Crippen LogP contribution in [0, 0.1) is 0 Å². The Morgan fingerprint density at radius 1 is 1.41 bits per heavy atom. The van der Waals surface area contributed by atoms with Gasteiger partial charge in [0.05, 0.1) is 12.2 Å². The van der Waals surface area contributed by atoms with E-state index in [4.69, 9.17) is 9.84 Å². The van der Waals surface area contributed by atoms with Gasteiger partial charge in [-0.15, -0.1) is 0 Å². The fraction of sp³-hybridized carbons (Fsp3) is 0.818. The second-order valence-corrected chi connectivity index (χ2v) is 4.91. The molecule has 1 rings (SSSR count). The first-order valence-electron chi connectivity index (χ1n) is 5.76. The Morgan fingerprint density at radius 2 is 2.06 bits per heavy atom. The van der Waals surface area contributed by atoms with Crippen LogP contribution in [-0.2, 0) is 9.53 Å². The van der Waals surface area contributed by atoms with Gasteiger partial charge in [0.25, 0.3) is 0 Å². The first kappa shape index (κ1) is 13.8. The van der Waals surface area contributed by atoms with E-state index in [1.54, 1.807) is 0 Å². The zero-order valence-electron chi connectivity index (χ0n) is 10.4. The molecule has 1 aliphatic heterocycles. The third-order valence-electron chi connectivity index (χ3n) is 2.77. The molecule has 3 N–H and O–H groups in total. The van der Waals surface area contributed by atoms with E-state index in [0.29, 0.717) is 6.54 Å². The molecular weight excluding hydrogens is 224 g/mol. The third-order valence-corrected chi connectivity index (χ3v) is 2.77. The zero-order chi connectivity index (χ0) is 13.1. The quantitative estimate of drug-likeness (QED) is 0.680. The maximum Gasteiger partial charge on any atom is 0.328 e. The lowest BCUT2D eigenvalue weighted by Gasteiger charge is -2.22. The minimum absolute atomic E-state index is 0.0312. The molecule has 0 aliphatic carbocycles. The van der Waals surface area contributed by atoms with E-state index in [9.17, 15) is 9.59 Å². The molecule has 98 valence electrons. The summed E-state index contributed by atoms with van der Waals surface area (Å²) in [5, 5.41) is 13.8. The van der Waals surface area contributed by atoms with Crippen LogP contribution in [0.4, 0.5) is 4.79 Å². The number of urea groups is 1. The van der Waals surface area contributed by atoms with Crippen molar-refractivity contribution in [3.05, 3.63) is 0 Å². The molecule has 1 fully saturated rings. The van der Waals surface area contributed by atoms with Crippen molar-refractivity contribution in [1.82, 2.24) is 10.6 Å². The molecule has 17 heavy (non-hydrogen) atoms. The van der Waals surface area contributed by atoms with Gasteiger partial charge in [-0.05, 0) is 33.6 Å². The lowest BCUT2D eigenvalue weighted by molar-refractivity contribution is -0.142. The summed E-state index contributed by atoms with van der Waals surface area (Å²) in [7, 11) is 0. The van der Waals surface area contributed by atoms with E-state index >= 15 is 0 Å². The Balaban J connectivity index is 2.28. The molecule has 1 heterocycles. The van der Waals surface area contributed by atoms with E-state index in [2.05, 4.69) is 10.6 Å². The highest BCUT2D eigenvalue weighted by molar-refractivity contribution is 5.85. The summed E-state index contributed by atoms with van der Waals surface area (Å²) >= 11 is 0. The number of rotatable bonds is 4. The smallest absolute Gasteiger partial charge is 0.328 e. The van der Waals surface area contributed by atoms with Gasteiger partial charge < -0.3 is 20.5 Å². The number of carbonyl (C=O) groups excluding carboxylic acids is 1. The number of hydrogen-bond donors (Lipinski definition) is 3. The lowest BCUT2D eigenvalue weighted by Crippen LogP contribution is -2.54. The highest BCUT2D eigenvalue weighted by Gasteiger charge is 2.29.